The van der Waals surface area contributed by atoms with Gasteiger partial charge in [-0.05, 0) is 36.1 Å². The van der Waals surface area contributed by atoms with Gasteiger partial charge in [0.1, 0.15) is 5.82 Å². The molecule has 3 nitrogen and oxygen atoms in total. The lowest BCUT2D eigenvalue weighted by molar-refractivity contribution is -0.130. The summed E-state index contributed by atoms with van der Waals surface area (Å²) in [5.74, 6) is 0.437. The fourth-order valence-electron chi connectivity index (χ4n) is 3.36. The standard InChI is InChI=1S/C16H15FN2O/c17-12-2-4-14-11(8-18-15(14)7-12)6-16(20)19-9-10-1-3-13(19)5-10/h1-4,7-8,10,13,18H,5-6,9H2/t10-,13+/m0/s1. The van der Waals surface area contributed by atoms with Gasteiger partial charge in [0.05, 0.1) is 12.5 Å². The number of hydrogen-bond donors (Lipinski definition) is 1. The highest BCUT2D eigenvalue weighted by Gasteiger charge is 2.36. The van der Waals surface area contributed by atoms with E-state index in [1.165, 1.54) is 12.1 Å². The Balaban J connectivity index is 1.58. The van der Waals surface area contributed by atoms with Crippen LogP contribution in [0.3, 0.4) is 0 Å². The van der Waals surface area contributed by atoms with Crippen molar-refractivity contribution in [2.24, 2.45) is 5.92 Å². The van der Waals surface area contributed by atoms with Crippen molar-refractivity contribution in [3.8, 4) is 0 Å². The predicted molar refractivity (Wildman–Crippen MR) is 74.7 cm³/mol. The van der Waals surface area contributed by atoms with Gasteiger partial charge in [-0.25, -0.2) is 4.39 Å². The van der Waals surface area contributed by atoms with Crippen LogP contribution in [0.2, 0.25) is 0 Å². The van der Waals surface area contributed by atoms with Crippen LogP contribution < -0.4 is 0 Å². The number of fused-ring (bicyclic) bond motifs is 3. The number of benzene rings is 1. The summed E-state index contributed by atoms with van der Waals surface area (Å²) in [6, 6.07) is 4.92. The summed E-state index contributed by atoms with van der Waals surface area (Å²) in [5.41, 5.74) is 1.69. The van der Waals surface area contributed by atoms with Gasteiger partial charge in [0.15, 0.2) is 0 Å². The van der Waals surface area contributed by atoms with Gasteiger partial charge in [0, 0.05) is 23.6 Å². The van der Waals surface area contributed by atoms with E-state index >= 15 is 0 Å². The van der Waals surface area contributed by atoms with Crippen molar-refractivity contribution < 1.29 is 9.18 Å². The van der Waals surface area contributed by atoms with E-state index in [0.29, 0.717) is 12.3 Å². The van der Waals surface area contributed by atoms with Gasteiger partial charge in [-0.1, -0.05) is 12.2 Å². The lowest BCUT2D eigenvalue weighted by atomic mass is 10.1. The summed E-state index contributed by atoms with van der Waals surface area (Å²) in [7, 11) is 0. The number of nitrogens with one attached hydrogen (secondary N) is 1. The first-order chi connectivity index (χ1) is 9.70. The van der Waals surface area contributed by atoms with Crippen LogP contribution in [0.5, 0.6) is 0 Å². The predicted octanol–water partition coefficient (Wildman–Crippen LogP) is 2.64. The number of aromatic amines is 1. The largest absolute Gasteiger partial charge is 0.361 e. The molecular formula is C16H15FN2O. The quantitative estimate of drug-likeness (QED) is 0.837. The fraction of sp³-hybridized carbons (Fsp3) is 0.312. The van der Waals surface area contributed by atoms with E-state index in [0.717, 1.165) is 29.4 Å². The number of likely N-dealkylation sites (tertiary alicyclic amines) is 1. The first-order valence-electron chi connectivity index (χ1n) is 6.94. The highest BCUT2D eigenvalue weighted by atomic mass is 19.1. The van der Waals surface area contributed by atoms with Crippen molar-refractivity contribution in [1.82, 2.24) is 9.88 Å². The highest BCUT2D eigenvalue weighted by molar-refractivity contribution is 5.89. The van der Waals surface area contributed by atoms with E-state index < -0.39 is 0 Å². The Bertz CT molecular complexity index is 718. The van der Waals surface area contributed by atoms with E-state index in [9.17, 15) is 9.18 Å². The molecule has 1 amide bonds. The van der Waals surface area contributed by atoms with Crippen molar-refractivity contribution in [3.05, 3.63) is 47.9 Å². The zero-order chi connectivity index (χ0) is 13.7. The summed E-state index contributed by atoms with van der Waals surface area (Å²) < 4.78 is 13.2. The Morgan fingerprint density at radius 1 is 1.40 bits per heavy atom. The van der Waals surface area contributed by atoms with Crippen molar-refractivity contribution in [2.75, 3.05) is 6.54 Å². The van der Waals surface area contributed by atoms with Crippen LogP contribution in [-0.2, 0) is 11.2 Å². The highest BCUT2D eigenvalue weighted by Crippen LogP contribution is 2.32. The van der Waals surface area contributed by atoms with E-state index in [1.54, 1.807) is 6.07 Å². The maximum Gasteiger partial charge on any atom is 0.227 e. The van der Waals surface area contributed by atoms with Crippen molar-refractivity contribution in [3.63, 3.8) is 0 Å². The number of H-pyrrole nitrogens is 1. The number of carbonyl (C=O) groups is 1. The molecule has 2 bridgehead atoms. The van der Waals surface area contributed by atoms with Crippen LogP contribution in [0.25, 0.3) is 10.9 Å². The van der Waals surface area contributed by atoms with Crippen LogP contribution in [0.1, 0.15) is 12.0 Å². The molecule has 1 aliphatic heterocycles. The smallest absolute Gasteiger partial charge is 0.227 e. The number of halogens is 1. The molecule has 1 N–H and O–H groups in total. The molecule has 4 rings (SSSR count). The van der Waals surface area contributed by atoms with E-state index in [1.807, 2.05) is 11.1 Å². The minimum atomic E-state index is -0.265. The van der Waals surface area contributed by atoms with Crippen LogP contribution in [0, 0.1) is 11.7 Å². The minimum absolute atomic E-state index is 0.159. The molecule has 4 heteroatoms. The SMILES string of the molecule is O=C(Cc1c[nH]c2cc(F)ccc12)N1C[C@H]2C=C[C@@H]1C2. The number of amides is 1. The average molecular weight is 270 g/mol. The Morgan fingerprint density at radius 2 is 2.30 bits per heavy atom. The molecule has 102 valence electrons. The maximum absolute atomic E-state index is 13.2. The van der Waals surface area contributed by atoms with Gasteiger partial charge >= 0.3 is 0 Å². The molecule has 2 heterocycles. The molecule has 20 heavy (non-hydrogen) atoms. The molecule has 0 spiro atoms. The van der Waals surface area contributed by atoms with E-state index in [4.69, 9.17) is 0 Å². The van der Waals surface area contributed by atoms with Crippen LogP contribution in [-0.4, -0.2) is 28.4 Å². The second-order valence-corrected chi connectivity index (χ2v) is 5.67. The zero-order valence-electron chi connectivity index (χ0n) is 11.0. The molecule has 0 saturated carbocycles. The first kappa shape index (κ1) is 11.7. The van der Waals surface area contributed by atoms with Crippen molar-refractivity contribution in [1.29, 1.82) is 0 Å². The summed E-state index contributed by atoms with van der Waals surface area (Å²) in [5, 5.41) is 0.930. The van der Waals surface area contributed by atoms with Crippen LogP contribution in [0.4, 0.5) is 4.39 Å². The Kier molecular flexibility index (Phi) is 2.46. The normalized spacial score (nSPS) is 23.9. The number of aromatic nitrogens is 1. The molecule has 1 aliphatic carbocycles. The summed E-state index contributed by atoms with van der Waals surface area (Å²) >= 11 is 0. The van der Waals surface area contributed by atoms with E-state index in [2.05, 4.69) is 17.1 Å². The summed E-state index contributed by atoms with van der Waals surface area (Å²) in [4.78, 5) is 17.4. The second-order valence-electron chi connectivity index (χ2n) is 5.67. The zero-order valence-corrected chi connectivity index (χ0v) is 11.0. The molecule has 0 radical (unpaired) electrons. The van der Waals surface area contributed by atoms with Gasteiger partial charge in [-0.2, -0.15) is 0 Å². The molecule has 2 aliphatic rings. The number of carbonyl (C=O) groups excluding carboxylic acids is 1. The minimum Gasteiger partial charge on any atom is -0.361 e. The molecule has 0 unspecified atom stereocenters. The molecule has 1 aromatic carbocycles. The van der Waals surface area contributed by atoms with Gasteiger partial charge in [0.25, 0.3) is 0 Å². The number of rotatable bonds is 2. The summed E-state index contributed by atoms with van der Waals surface area (Å²) in [6.45, 7) is 0.844. The number of nitrogens with zero attached hydrogens (tertiary/aromatic N) is 1. The Morgan fingerprint density at radius 3 is 3.05 bits per heavy atom. The van der Waals surface area contributed by atoms with Gasteiger partial charge in [-0.3, -0.25) is 4.79 Å². The third-order valence-corrected chi connectivity index (χ3v) is 4.37. The van der Waals surface area contributed by atoms with Gasteiger partial charge in [0.2, 0.25) is 5.91 Å². The molecule has 1 saturated heterocycles. The Hall–Kier alpha value is -2.10. The molecule has 1 aromatic heterocycles. The molecule has 2 aromatic rings. The summed E-state index contributed by atoms with van der Waals surface area (Å²) in [6.07, 6.45) is 7.61. The molecule has 2 atom stereocenters. The monoisotopic (exact) mass is 270 g/mol. The maximum atomic E-state index is 13.2. The first-order valence-corrected chi connectivity index (χ1v) is 6.94. The van der Waals surface area contributed by atoms with Crippen LogP contribution >= 0.6 is 0 Å². The third-order valence-electron chi connectivity index (χ3n) is 4.37. The third kappa shape index (κ3) is 1.75. The lowest BCUT2D eigenvalue weighted by Gasteiger charge is -2.23. The second kappa shape index (κ2) is 4.20. The van der Waals surface area contributed by atoms with Crippen LogP contribution in [0.15, 0.2) is 36.5 Å². The molecule has 1 fully saturated rings. The van der Waals surface area contributed by atoms with Gasteiger partial charge < -0.3 is 9.88 Å². The number of hydrogen-bond acceptors (Lipinski definition) is 1. The van der Waals surface area contributed by atoms with Gasteiger partial charge in [-0.15, -0.1) is 0 Å². The van der Waals surface area contributed by atoms with Crippen molar-refractivity contribution >= 4 is 16.8 Å². The van der Waals surface area contributed by atoms with E-state index in [-0.39, 0.29) is 17.8 Å². The Labute approximate surface area is 116 Å². The fourth-order valence-corrected chi connectivity index (χ4v) is 3.36. The molecular weight excluding hydrogens is 255 g/mol. The van der Waals surface area contributed by atoms with Crippen molar-refractivity contribution in [2.45, 2.75) is 18.9 Å². The average Bonchev–Trinajstić information content (AvgIpc) is 3.13. The topological polar surface area (TPSA) is 36.1 Å². The lowest BCUT2D eigenvalue weighted by Crippen LogP contribution is -2.36.